The normalized spacial score (nSPS) is 14.7. The summed E-state index contributed by atoms with van der Waals surface area (Å²) in [7, 11) is -1.60. The topological polar surface area (TPSA) is 9.23 Å². The molecular formula is C13H26OSi. The van der Waals surface area contributed by atoms with Crippen molar-refractivity contribution in [2.75, 3.05) is 6.61 Å². The molecule has 0 aliphatic rings. The lowest BCUT2D eigenvalue weighted by Crippen LogP contribution is -2.41. The Morgan fingerprint density at radius 1 is 1.27 bits per heavy atom. The minimum absolute atomic E-state index is 0.285. The molecule has 0 amide bonds. The van der Waals surface area contributed by atoms with E-state index in [1.807, 2.05) is 12.2 Å². The molecule has 0 heterocycles. The Balaban J connectivity index is 4.24. The third-order valence-corrected chi connectivity index (χ3v) is 7.77. The second kappa shape index (κ2) is 5.66. The molecule has 0 aromatic rings. The number of hydrogen-bond acceptors (Lipinski definition) is 1. The highest BCUT2D eigenvalue weighted by atomic mass is 28.4. The smallest absolute Gasteiger partial charge is 0.192 e. The lowest BCUT2D eigenvalue weighted by molar-refractivity contribution is 0.252. The van der Waals surface area contributed by atoms with Crippen molar-refractivity contribution in [3.05, 3.63) is 25.3 Å². The summed E-state index contributed by atoms with van der Waals surface area (Å²) < 4.78 is 6.12. The van der Waals surface area contributed by atoms with Gasteiger partial charge >= 0.3 is 0 Å². The second-order valence-corrected chi connectivity index (χ2v) is 10.4. The first-order valence-electron chi connectivity index (χ1n) is 5.62. The zero-order chi connectivity index (χ0) is 12.1. The van der Waals surface area contributed by atoms with Crippen LogP contribution in [0.4, 0.5) is 0 Å². The van der Waals surface area contributed by atoms with Crippen LogP contribution >= 0.6 is 0 Å². The summed E-state index contributed by atoms with van der Waals surface area (Å²) in [5, 5.41) is 0.285. The maximum Gasteiger partial charge on any atom is 0.192 e. The highest BCUT2D eigenvalue weighted by Gasteiger charge is 2.37. The van der Waals surface area contributed by atoms with Crippen molar-refractivity contribution in [1.29, 1.82) is 0 Å². The Kier molecular flexibility index (Phi) is 5.53. The summed E-state index contributed by atoms with van der Waals surface area (Å²) in [6.07, 6.45) is 4.86. The summed E-state index contributed by atoms with van der Waals surface area (Å²) in [4.78, 5) is 0. The van der Waals surface area contributed by atoms with Gasteiger partial charge in [-0.15, -0.1) is 13.2 Å². The molecule has 0 radical (unpaired) electrons. The summed E-state index contributed by atoms with van der Waals surface area (Å²) in [5.74, 6) is 0.414. The van der Waals surface area contributed by atoms with E-state index in [1.165, 1.54) is 0 Å². The Hall–Kier alpha value is -0.343. The van der Waals surface area contributed by atoms with Gasteiger partial charge in [-0.2, -0.15) is 0 Å². The fraction of sp³-hybridized carbons (Fsp3) is 0.692. The Morgan fingerprint density at radius 2 is 1.80 bits per heavy atom. The molecule has 0 saturated heterocycles. The van der Waals surface area contributed by atoms with Gasteiger partial charge in [0.1, 0.15) is 0 Å². The van der Waals surface area contributed by atoms with Crippen molar-refractivity contribution < 1.29 is 4.43 Å². The minimum Gasteiger partial charge on any atom is -0.416 e. The number of allylic oxidation sites excluding steroid dienone is 1. The van der Waals surface area contributed by atoms with E-state index in [0.717, 1.165) is 13.0 Å². The van der Waals surface area contributed by atoms with Crippen LogP contribution in [0.2, 0.25) is 18.1 Å². The van der Waals surface area contributed by atoms with Crippen molar-refractivity contribution in [1.82, 2.24) is 0 Å². The van der Waals surface area contributed by atoms with Crippen molar-refractivity contribution in [3.63, 3.8) is 0 Å². The van der Waals surface area contributed by atoms with E-state index in [9.17, 15) is 0 Å². The van der Waals surface area contributed by atoms with E-state index in [-0.39, 0.29) is 5.04 Å². The first-order chi connectivity index (χ1) is 6.74. The molecule has 0 spiro atoms. The highest BCUT2D eigenvalue weighted by molar-refractivity contribution is 6.74. The minimum atomic E-state index is -1.60. The quantitative estimate of drug-likeness (QED) is 0.482. The van der Waals surface area contributed by atoms with Crippen LogP contribution < -0.4 is 0 Å². The van der Waals surface area contributed by atoms with Gasteiger partial charge in [0, 0.05) is 12.5 Å². The SMILES string of the molecule is C=CC[C@H](C=C)CO[Si](C)(C)C(C)(C)C. The number of rotatable bonds is 6. The molecule has 0 fully saturated rings. The molecule has 0 unspecified atom stereocenters. The molecule has 0 aliphatic heterocycles. The zero-order valence-electron chi connectivity index (χ0n) is 11.0. The molecule has 0 aromatic carbocycles. The molecule has 0 bridgehead atoms. The Bertz CT molecular complexity index is 213. The van der Waals surface area contributed by atoms with Gasteiger partial charge in [-0.25, -0.2) is 0 Å². The molecule has 88 valence electrons. The third-order valence-electron chi connectivity index (χ3n) is 3.27. The third kappa shape index (κ3) is 4.80. The predicted molar refractivity (Wildman–Crippen MR) is 71.7 cm³/mol. The van der Waals surface area contributed by atoms with Crippen LogP contribution in [0.25, 0.3) is 0 Å². The van der Waals surface area contributed by atoms with Gasteiger partial charge in [-0.3, -0.25) is 0 Å². The van der Waals surface area contributed by atoms with Gasteiger partial charge in [0.2, 0.25) is 0 Å². The molecule has 1 atom stereocenters. The van der Waals surface area contributed by atoms with Crippen LogP contribution in [0.3, 0.4) is 0 Å². The largest absolute Gasteiger partial charge is 0.416 e. The molecule has 1 nitrogen and oxygen atoms in total. The zero-order valence-corrected chi connectivity index (χ0v) is 12.0. The summed E-state index contributed by atoms with van der Waals surface area (Å²) in [5.41, 5.74) is 0. The lowest BCUT2D eigenvalue weighted by Gasteiger charge is -2.37. The van der Waals surface area contributed by atoms with E-state index in [2.05, 4.69) is 47.0 Å². The van der Waals surface area contributed by atoms with Crippen molar-refractivity contribution in [3.8, 4) is 0 Å². The van der Waals surface area contributed by atoms with Gasteiger partial charge in [0.15, 0.2) is 8.32 Å². The average molecular weight is 226 g/mol. The summed E-state index contributed by atoms with van der Waals surface area (Å²) in [6, 6.07) is 0. The van der Waals surface area contributed by atoms with E-state index >= 15 is 0 Å². The van der Waals surface area contributed by atoms with E-state index in [4.69, 9.17) is 4.43 Å². The van der Waals surface area contributed by atoms with Gasteiger partial charge < -0.3 is 4.43 Å². The van der Waals surface area contributed by atoms with Crippen LogP contribution in [0, 0.1) is 5.92 Å². The molecule has 15 heavy (non-hydrogen) atoms. The van der Waals surface area contributed by atoms with E-state index < -0.39 is 8.32 Å². The molecular weight excluding hydrogens is 200 g/mol. The first kappa shape index (κ1) is 14.7. The van der Waals surface area contributed by atoms with E-state index in [0.29, 0.717) is 5.92 Å². The van der Waals surface area contributed by atoms with Crippen LogP contribution in [-0.4, -0.2) is 14.9 Å². The van der Waals surface area contributed by atoms with Crippen molar-refractivity contribution in [2.45, 2.75) is 45.3 Å². The highest BCUT2D eigenvalue weighted by Crippen LogP contribution is 2.36. The maximum absolute atomic E-state index is 6.12. The molecule has 0 aromatic heterocycles. The fourth-order valence-corrected chi connectivity index (χ4v) is 2.04. The van der Waals surface area contributed by atoms with Crippen LogP contribution in [0.1, 0.15) is 27.2 Å². The van der Waals surface area contributed by atoms with Crippen molar-refractivity contribution >= 4 is 8.32 Å². The fourth-order valence-electron chi connectivity index (χ4n) is 0.978. The first-order valence-corrected chi connectivity index (χ1v) is 8.53. The molecule has 2 heteroatoms. The monoisotopic (exact) mass is 226 g/mol. The van der Waals surface area contributed by atoms with E-state index in [1.54, 1.807) is 0 Å². The van der Waals surface area contributed by atoms with Crippen LogP contribution in [-0.2, 0) is 4.43 Å². The molecule has 0 aliphatic carbocycles. The molecule has 0 rings (SSSR count). The van der Waals surface area contributed by atoms with Crippen LogP contribution in [0.5, 0.6) is 0 Å². The standard InChI is InChI=1S/C13H26OSi/c1-8-10-12(9-2)11-14-15(6,7)13(3,4)5/h8-9,12H,1-2,10-11H2,3-7H3/t12-/m0/s1. The summed E-state index contributed by atoms with van der Waals surface area (Å²) in [6.45, 7) is 19.7. The average Bonchev–Trinajstić information content (AvgIpc) is 2.10. The van der Waals surface area contributed by atoms with Gasteiger partial charge in [0.25, 0.3) is 0 Å². The molecule has 0 saturated carbocycles. The second-order valence-electron chi connectivity index (χ2n) is 5.59. The van der Waals surface area contributed by atoms with Crippen LogP contribution in [0.15, 0.2) is 25.3 Å². The lowest BCUT2D eigenvalue weighted by atomic mass is 10.1. The van der Waals surface area contributed by atoms with Crippen molar-refractivity contribution in [2.24, 2.45) is 5.92 Å². The van der Waals surface area contributed by atoms with Gasteiger partial charge in [-0.05, 0) is 24.6 Å². The summed E-state index contributed by atoms with van der Waals surface area (Å²) >= 11 is 0. The maximum atomic E-state index is 6.12. The molecule has 0 N–H and O–H groups in total. The predicted octanol–water partition coefficient (Wildman–Crippen LogP) is 4.39. The Morgan fingerprint density at radius 3 is 2.13 bits per heavy atom. The van der Waals surface area contributed by atoms with Gasteiger partial charge in [0.05, 0.1) is 0 Å². The number of hydrogen-bond donors (Lipinski definition) is 0. The van der Waals surface area contributed by atoms with Gasteiger partial charge in [-0.1, -0.05) is 32.9 Å². The Labute approximate surface area is 96.4 Å².